The number of hydrogen-bond acceptors (Lipinski definition) is 3. The molecule has 3 aromatic rings. The van der Waals surface area contributed by atoms with Crippen molar-refractivity contribution < 1.29 is 4.79 Å². The minimum absolute atomic E-state index is 0.151. The Bertz CT molecular complexity index is 865. The fraction of sp³-hybridized carbons (Fsp3) is 0.389. The van der Waals surface area contributed by atoms with Crippen LogP contribution in [0.25, 0.3) is 10.9 Å². The Labute approximate surface area is 140 Å². The number of aryl methyl sites for hydroxylation is 1. The Hall–Kier alpha value is -2.63. The summed E-state index contributed by atoms with van der Waals surface area (Å²) in [6, 6.07) is 8.16. The third-order valence-corrected chi connectivity index (χ3v) is 4.72. The SMILES string of the molecule is Cc1cnn([C@H]2CCCN(C(=O)Cc3[nH]nc4ccccc34)C2)c1. The summed E-state index contributed by atoms with van der Waals surface area (Å²) < 4.78 is 2.00. The lowest BCUT2D eigenvalue weighted by atomic mass is 10.0. The molecule has 0 spiro atoms. The number of carbonyl (C=O) groups is 1. The molecule has 6 heteroatoms. The topological polar surface area (TPSA) is 66.8 Å². The van der Waals surface area contributed by atoms with Gasteiger partial charge in [0.2, 0.25) is 5.91 Å². The zero-order valence-electron chi connectivity index (χ0n) is 13.8. The van der Waals surface area contributed by atoms with Crippen LogP contribution in [0, 0.1) is 6.92 Å². The molecule has 0 aliphatic carbocycles. The first-order chi connectivity index (χ1) is 11.7. The second-order valence-electron chi connectivity index (χ2n) is 6.53. The van der Waals surface area contributed by atoms with Gasteiger partial charge in [-0.25, -0.2) is 0 Å². The van der Waals surface area contributed by atoms with Crippen molar-refractivity contribution in [2.45, 2.75) is 32.2 Å². The van der Waals surface area contributed by atoms with Crippen LogP contribution in [0.2, 0.25) is 0 Å². The average molecular weight is 323 g/mol. The van der Waals surface area contributed by atoms with Crippen molar-refractivity contribution in [3.63, 3.8) is 0 Å². The molecule has 0 bridgehead atoms. The summed E-state index contributed by atoms with van der Waals surface area (Å²) in [4.78, 5) is 14.7. The number of nitrogens with one attached hydrogen (secondary N) is 1. The minimum atomic E-state index is 0.151. The molecule has 1 saturated heterocycles. The molecule has 1 atom stereocenters. The molecule has 6 nitrogen and oxygen atoms in total. The van der Waals surface area contributed by atoms with E-state index >= 15 is 0 Å². The number of carbonyl (C=O) groups excluding carboxylic acids is 1. The van der Waals surface area contributed by atoms with Crippen LogP contribution < -0.4 is 0 Å². The van der Waals surface area contributed by atoms with E-state index in [4.69, 9.17) is 0 Å². The molecule has 0 radical (unpaired) electrons. The van der Waals surface area contributed by atoms with Crippen LogP contribution >= 0.6 is 0 Å². The fourth-order valence-corrected chi connectivity index (χ4v) is 3.44. The maximum Gasteiger partial charge on any atom is 0.228 e. The molecule has 124 valence electrons. The van der Waals surface area contributed by atoms with Crippen molar-refractivity contribution in [2.75, 3.05) is 13.1 Å². The van der Waals surface area contributed by atoms with Crippen LogP contribution in [-0.2, 0) is 11.2 Å². The van der Waals surface area contributed by atoms with Crippen molar-refractivity contribution in [1.29, 1.82) is 0 Å². The van der Waals surface area contributed by atoms with Gasteiger partial charge in [0, 0.05) is 24.7 Å². The van der Waals surface area contributed by atoms with E-state index in [1.807, 2.05) is 47.0 Å². The van der Waals surface area contributed by atoms with Crippen molar-refractivity contribution in [2.24, 2.45) is 0 Å². The Morgan fingerprint density at radius 2 is 2.25 bits per heavy atom. The summed E-state index contributed by atoms with van der Waals surface area (Å²) in [6.07, 6.45) is 6.38. The quantitative estimate of drug-likeness (QED) is 0.805. The lowest BCUT2D eigenvalue weighted by molar-refractivity contribution is -0.132. The second-order valence-corrected chi connectivity index (χ2v) is 6.53. The van der Waals surface area contributed by atoms with E-state index in [9.17, 15) is 4.79 Å². The number of hydrogen-bond donors (Lipinski definition) is 1. The summed E-state index contributed by atoms with van der Waals surface area (Å²) in [7, 11) is 0. The van der Waals surface area contributed by atoms with E-state index in [2.05, 4.69) is 21.5 Å². The van der Waals surface area contributed by atoms with Gasteiger partial charge in [0.15, 0.2) is 0 Å². The second kappa shape index (κ2) is 6.11. The lowest BCUT2D eigenvalue weighted by Gasteiger charge is -2.33. The summed E-state index contributed by atoms with van der Waals surface area (Å²) >= 11 is 0. The van der Waals surface area contributed by atoms with E-state index in [1.54, 1.807) is 0 Å². The predicted octanol–water partition coefficient (Wildman–Crippen LogP) is 2.47. The Morgan fingerprint density at radius 3 is 3.08 bits per heavy atom. The zero-order valence-corrected chi connectivity index (χ0v) is 13.8. The number of fused-ring (bicyclic) bond motifs is 1. The Morgan fingerprint density at radius 1 is 1.38 bits per heavy atom. The molecule has 24 heavy (non-hydrogen) atoms. The van der Waals surface area contributed by atoms with Gasteiger partial charge in [-0.1, -0.05) is 18.2 Å². The van der Waals surface area contributed by atoms with Gasteiger partial charge in [0.05, 0.1) is 29.9 Å². The molecule has 2 aromatic heterocycles. The molecule has 1 aliphatic rings. The van der Waals surface area contributed by atoms with Gasteiger partial charge in [-0.3, -0.25) is 14.6 Å². The van der Waals surface area contributed by atoms with Crippen LogP contribution in [0.1, 0.15) is 30.1 Å². The normalized spacial score (nSPS) is 18.2. The zero-order chi connectivity index (χ0) is 16.5. The largest absolute Gasteiger partial charge is 0.340 e. The molecule has 1 N–H and O–H groups in total. The third kappa shape index (κ3) is 2.79. The first-order valence-electron chi connectivity index (χ1n) is 8.41. The molecule has 0 unspecified atom stereocenters. The van der Waals surface area contributed by atoms with Crippen LogP contribution in [-0.4, -0.2) is 43.9 Å². The first-order valence-corrected chi connectivity index (χ1v) is 8.41. The van der Waals surface area contributed by atoms with E-state index in [1.165, 1.54) is 0 Å². The van der Waals surface area contributed by atoms with Gasteiger partial charge >= 0.3 is 0 Å². The van der Waals surface area contributed by atoms with Crippen LogP contribution in [0.4, 0.5) is 0 Å². The summed E-state index contributed by atoms with van der Waals surface area (Å²) in [6.45, 7) is 3.59. The fourth-order valence-electron chi connectivity index (χ4n) is 3.44. The molecule has 0 saturated carbocycles. The molecule has 1 fully saturated rings. The molecule has 1 aliphatic heterocycles. The van der Waals surface area contributed by atoms with Gasteiger partial charge in [-0.2, -0.15) is 10.2 Å². The van der Waals surface area contributed by atoms with Crippen molar-refractivity contribution >= 4 is 16.8 Å². The monoisotopic (exact) mass is 323 g/mol. The number of piperidine rings is 1. The average Bonchev–Trinajstić information content (AvgIpc) is 3.22. The highest BCUT2D eigenvalue weighted by molar-refractivity contribution is 5.87. The van der Waals surface area contributed by atoms with Crippen LogP contribution in [0.3, 0.4) is 0 Å². The van der Waals surface area contributed by atoms with Crippen LogP contribution in [0.5, 0.6) is 0 Å². The minimum Gasteiger partial charge on any atom is -0.340 e. The predicted molar refractivity (Wildman–Crippen MR) is 91.6 cm³/mol. The van der Waals surface area contributed by atoms with E-state index in [0.29, 0.717) is 6.42 Å². The number of rotatable bonds is 3. The van der Waals surface area contributed by atoms with E-state index in [-0.39, 0.29) is 11.9 Å². The van der Waals surface area contributed by atoms with E-state index < -0.39 is 0 Å². The molecular formula is C18H21N5O. The highest BCUT2D eigenvalue weighted by Gasteiger charge is 2.25. The Kier molecular flexibility index (Phi) is 3.80. The van der Waals surface area contributed by atoms with Crippen molar-refractivity contribution in [1.82, 2.24) is 24.9 Å². The number of benzene rings is 1. The summed E-state index contributed by atoms with van der Waals surface area (Å²) in [5.41, 5.74) is 2.96. The maximum absolute atomic E-state index is 12.7. The van der Waals surface area contributed by atoms with Crippen molar-refractivity contribution in [3.8, 4) is 0 Å². The highest BCUT2D eigenvalue weighted by atomic mass is 16.2. The number of para-hydroxylation sites is 1. The molecule has 1 amide bonds. The van der Waals surface area contributed by atoms with E-state index in [0.717, 1.165) is 48.1 Å². The number of aromatic amines is 1. The third-order valence-electron chi connectivity index (χ3n) is 4.72. The number of aromatic nitrogens is 4. The number of nitrogens with zero attached hydrogens (tertiary/aromatic N) is 4. The number of amides is 1. The first kappa shape index (κ1) is 14.9. The summed E-state index contributed by atoms with van der Waals surface area (Å²) in [5, 5.41) is 12.7. The maximum atomic E-state index is 12.7. The smallest absolute Gasteiger partial charge is 0.228 e. The molecule has 3 heterocycles. The Balaban J connectivity index is 1.48. The lowest BCUT2D eigenvalue weighted by Crippen LogP contribution is -2.41. The standard InChI is InChI=1S/C18H21N5O/c1-13-10-19-23(11-13)14-5-4-8-22(12-14)18(24)9-17-15-6-2-3-7-16(15)20-21-17/h2-3,6-7,10-11,14H,4-5,8-9,12H2,1H3,(H,20,21)/t14-/m0/s1. The summed E-state index contributed by atoms with van der Waals surface area (Å²) in [5.74, 6) is 0.151. The van der Waals surface area contributed by atoms with Gasteiger partial charge in [0.25, 0.3) is 0 Å². The van der Waals surface area contributed by atoms with Gasteiger partial charge in [-0.05, 0) is 31.4 Å². The van der Waals surface area contributed by atoms with Crippen LogP contribution in [0.15, 0.2) is 36.7 Å². The highest BCUT2D eigenvalue weighted by Crippen LogP contribution is 2.23. The number of likely N-dealkylation sites (tertiary alicyclic amines) is 1. The molecule has 1 aromatic carbocycles. The van der Waals surface area contributed by atoms with Gasteiger partial charge in [-0.15, -0.1) is 0 Å². The van der Waals surface area contributed by atoms with Gasteiger partial charge < -0.3 is 4.90 Å². The molecular weight excluding hydrogens is 302 g/mol. The molecule has 4 rings (SSSR count). The number of H-pyrrole nitrogens is 1. The van der Waals surface area contributed by atoms with Crippen molar-refractivity contribution in [3.05, 3.63) is 47.9 Å². The van der Waals surface area contributed by atoms with Gasteiger partial charge in [0.1, 0.15) is 0 Å².